The minimum atomic E-state index is -3.86. The van der Waals surface area contributed by atoms with Gasteiger partial charge >= 0.3 is 5.57 Å². The number of amidine groups is 1. The quantitative estimate of drug-likeness (QED) is 0.273. The number of nitrogens with one attached hydrogen (secondary N) is 1. The summed E-state index contributed by atoms with van der Waals surface area (Å²) in [6, 6.07) is 17.0. The molecule has 0 aromatic heterocycles. The molecule has 198 valence electrons. The van der Waals surface area contributed by atoms with E-state index in [4.69, 9.17) is 46.4 Å². The molecule has 1 aliphatic rings. The topological polar surface area (TPSA) is 71.0 Å². The predicted octanol–water partition coefficient (Wildman–Crippen LogP) is 7.98. The van der Waals surface area contributed by atoms with Crippen LogP contribution in [0, 0.1) is 0 Å². The molecule has 13 heteroatoms. The highest BCUT2D eigenvalue weighted by molar-refractivity contribution is 8.15. The Balaban J connectivity index is 1.55. The first kappa shape index (κ1) is 28.4. The number of carbonyl (C=O) groups is 2. The van der Waals surface area contributed by atoms with Crippen LogP contribution in [-0.4, -0.2) is 32.7 Å². The van der Waals surface area contributed by atoms with Gasteiger partial charge in [-0.05, 0) is 60.2 Å². The molecule has 38 heavy (non-hydrogen) atoms. The van der Waals surface area contributed by atoms with Crippen molar-refractivity contribution >= 4 is 86.5 Å². The van der Waals surface area contributed by atoms with E-state index in [-0.39, 0.29) is 24.6 Å². The molecule has 1 fully saturated rings. The normalized spacial score (nSPS) is 17.0. The Morgan fingerprint density at radius 1 is 1.05 bits per heavy atom. The maximum atomic E-state index is 13.2. The second kappa shape index (κ2) is 12.1. The molecular formula is C25H17Cl4F2N3O3S. The lowest BCUT2D eigenvalue weighted by molar-refractivity contribution is -0.129. The number of hydrogen-bond acceptors (Lipinski definition) is 5. The number of aliphatic imine (C=N–C) groups is 1. The van der Waals surface area contributed by atoms with E-state index in [1.807, 2.05) is 0 Å². The number of carbonyl (C=O) groups excluding carboxylic acids is 2. The number of anilines is 1. The molecular weight excluding hydrogens is 602 g/mol. The SMILES string of the molecule is O=C(Nc1ccc(OC(F)(F)Cl)cc1)[C@@H]1CC(=O)N(Cc2ccc(Cl)cc2)C(=Nc2ccc(Cl)c(Cl)c2)S1. The van der Waals surface area contributed by atoms with E-state index in [9.17, 15) is 18.4 Å². The van der Waals surface area contributed by atoms with Gasteiger partial charge in [0.2, 0.25) is 11.8 Å². The van der Waals surface area contributed by atoms with Crippen LogP contribution in [-0.2, 0) is 16.1 Å². The van der Waals surface area contributed by atoms with Crippen molar-refractivity contribution in [1.82, 2.24) is 4.90 Å². The maximum absolute atomic E-state index is 13.2. The Bertz CT molecular complexity index is 1370. The average molecular weight is 619 g/mol. The molecule has 0 radical (unpaired) electrons. The van der Waals surface area contributed by atoms with Crippen LogP contribution in [0.15, 0.2) is 71.7 Å². The fourth-order valence-electron chi connectivity index (χ4n) is 3.40. The third kappa shape index (κ3) is 7.74. The summed E-state index contributed by atoms with van der Waals surface area (Å²) in [5, 5.41) is 3.36. The first-order chi connectivity index (χ1) is 18.0. The van der Waals surface area contributed by atoms with Gasteiger partial charge in [-0.1, -0.05) is 58.7 Å². The van der Waals surface area contributed by atoms with E-state index in [2.05, 4.69) is 15.0 Å². The molecule has 0 spiro atoms. The number of alkyl halides is 3. The van der Waals surface area contributed by atoms with Crippen LogP contribution in [0.3, 0.4) is 0 Å². The third-order valence-corrected chi connectivity index (χ3v) is 7.43. The molecule has 4 rings (SSSR count). The number of hydrogen-bond donors (Lipinski definition) is 1. The van der Waals surface area contributed by atoms with Crippen molar-refractivity contribution in [2.24, 2.45) is 4.99 Å². The molecule has 3 aromatic carbocycles. The number of thioether (sulfide) groups is 1. The van der Waals surface area contributed by atoms with Crippen LogP contribution in [0.4, 0.5) is 20.2 Å². The standard InChI is InChI=1S/C25H17Cl4F2N3O3S/c26-15-3-1-14(2-4-15)13-34-22(35)12-21(38-24(34)33-17-7-10-19(27)20(28)11-17)23(36)32-16-5-8-18(9-6-16)37-25(29,30)31/h1-11,21H,12-13H2,(H,32,36)/t21-/m0/s1. The van der Waals surface area contributed by atoms with E-state index in [0.29, 0.717) is 31.6 Å². The van der Waals surface area contributed by atoms with Crippen molar-refractivity contribution in [2.75, 3.05) is 5.32 Å². The van der Waals surface area contributed by atoms with Crippen LogP contribution in [0.5, 0.6) is 5.75 Å². The predicted molar refractivity (Wildman–Crippen MR) is 148 cm³/mol. The highest BCUT2D eigenvalue weighted by atomic mass is 35.5. The molecule has 1 atom stereocenters. The van der Waals surface area contributed by atoms with Gasteiger partial charge in [0.15, 0.2) is 5.17 Å². The lowest BCUT2D eigenvalue weighted by atomic mass is 10.2. The fraction of sp³-hybridized carbons (Fsp3) is 0.160. The summed E-state index contributed by atoms with van der Waals surface area (Å²) < 4.78 is 29.9. The van der Waals surface area contributed by atoms with Gasteiger partial charge < -0.3 is 10.1 Å². The Kier molecular flexibility index (Phi) is 9.05. The number of halogens is 6. The molecule has 2 amide bonds. The summed E-state index contributed by atoms with van der Waals surface area (Å²) in [6.45, 7) is 0.212. The molecule has 0 aliphatic carbocycles. The van der Waals surface area contributed by atoms with Crippen molar-refractivity contribution in [2.45, 2.75) is 23.8 Å². The summed E-state index contributed by atoms with van der Waals surface area (Å²) >= 11 is 24.0. The van der Waals surface area contributed by atoms with E-state index in [0.717, 1.165) is 17.3 Å². The Morgan fingerprint density at radius 2 is 1.74 bits per heavy atom. The summed E-state index contributed by atoms with van der Waals surface area (Å²) in [6.07, 6.45) is -0.0931. The van der Waals surface area contributed by atoms with Gasteiger partial charge in [0.1, 0.15) is 11.0 Å². The van der Waals surface area contributed by atoms with Crippen LogP contribution in [0.25, 0.3) is 0 Å². The molecule has 1 saturated heterocycles. The number of nitrogens with zero attached hydrogens (tertiary/aromatic N) is 2. The molecule has 6 nitrogen and oxygen atoms in total. The zero-order valence-corrected chi connectivity index (χ0v) is 23.0. The Morgan fingerprint density at radius 3 is 2.37 bits per heavy atom. The molecule has 1 N–H and O–H groups in total. The second-order valence-electron chi connectivity index (χ2n) is 7.97. The number of benzene rings is 3. The van der Waals surface area contributed by atoms with Crippen molar-refractivity contribution < 1.29 is 23.1 Å². The van der Waals surface area contributed by atoms with Crippen molar-refractivity contribution in [3.63, 3.8) is 0 Å². The van der Waals surface area contributed by atoms with Gasteiger partial charge in [0.25, 0.3) is 0 Å². The Hall–Kier alpha value is -2.56. The van der Waals surface area contributed by atoms with Gasteiger partial charge in [-0.3, -0.25) is 14.5 Å². The zero-order chi connectivity index (χ0) is 27.4. The summed E-state index contributed by atoms with van der Waals surface area (Å²) in [5.41, 5.74) is -2.27. The summed E-state index contributed by atoms with van der Waals surface area (Å²) in [4.78, 5) is 32.3. The van der Waals surface area contributed by atoms with Crippen LogP contribution >= 0.6 is 58.2 Å². The molecule has 0 saturated carbocycles. The van der Waals surface area contributed by atoms with E-state index in [1.165, 1.54) is 29.2 Å². The number of amides is 2. The maximum Gasteiger partial charge on any atom is 0.487 e. The molecule has 1 heterocycles. The smallest absolute Gasteiger partial charge is 0.420 e. The number of rotatable bonds is 7. The zero-order valence-electron chi connectivity index (χ0n) is 19.1. The first-order valence-corrected chi connectivity index (χ1v) is 13.3. The molecule has 0 unspecified atom stereocenters. The van der Waals surface area contributed by atoms with Gasteiger partial charge in [-0.25, -0.2) is 4.99 Å². The van der Waals surface area contributed by atoms with E-state index >= 15 is 0 Å². The summed E-state index contributed by atoms with van der Waals surface area (Å²) in [5.74, 6) is -0.961. The molecule has 1 aliphatic heterocycles. The van der Waals surface area contributed by atoms with Gasteiger partial charge in [0.05, 0.1) is 22.3 Å². The van der Waals surface area contributed by atoms with Crippen LogP contribution in [0.1, 0.15) is 12.0 Å². The highest BCUT2D eigenvalue weighted by Crippen LogP contribution is 2.33. The lowest BCUT2D eigenvalue weighted by Gasteiger charge is -2.32. The molecule has 0 bridgehead atoms. The minimum absolute atomic E-state index is 0.0931. The minimum Gasteiger partial charge on any atom is -0.420 e. The van der Waals surface area contributed by atoms with E-state index < -0.39 is 16.7 Å². The number of ether oxygens (including phenoxy) is 1. The van der Waals surface area contributed by atoms with Crippen LogP contribution in [0.2, 0.25) is 15.1 Å². The highest BCUT2D eigenvalue weighted by Gasteiger charge is 2.36. The molecule has 3 aromatic rings. The van der Waals surface area contributed by atoms with Gasteiger partial charge in [0, 0.05) is 28.7 Å². The van der Waals surface area contributed by atoms with Crippen molar-refractivity contribution in [1.29, 1.82) is 0 Å². The largest absolute Gasteiger partial charge is 0.487 e. The fourth-order valence-corrected chi connectivity index (χ4v) is 5.00. The summed E-state index contributed by atoms with van der Waals surface area (Å²) in [7, 11) is 0. The van der Waals surface area contributed by atoms with Crippen LogP contribution < -0.4 is 10.1 Å². The second-order valence-corrected chi connectivity index (χ2v) is 10.8. The monoisotopic (exact) mass is 617 g/mol. The van der Waals surface area contributed by atoms with Gasteiger partial charge in [-0.15, -0.1) is 8.78 Å². The Labute approximate surface area is 240 Å². The third-order valence-electron chi connectivity index (χ3n) is 5.17. The first-order valence-electron chi connectivity index (χ1n) is 10.9. The van der Waals surface area contributed by atoms with Crippen molar-refractivity contribution in [3.05, 3.63) is 87.4 Å². The van der Waals surface area contributed by atoms with Gasteiger partial charge in [-0.2, -0.15) is 0 Å². The van der Waals surface area contributed by atoms with Crippen molar-refractivity contribution in [3.8, 4) is 5.75 Å². The lowest BCUT2D eigenvalue weighted by Crippen LogP contribution is -2.44. The van der Waals surface area contributed by atoms with E-state index in [1.54, 1.807) is 42.5 Å². The average Bonchev–Trinajstić information content (AvgIpc) is 2.85.